The molecule has 0 aliphatic rings. The SMILES string of the molecule is NC(CC(=O)Nc1ccc(Cc2ccc(NC(=O)CC(N)Cc3cc(F)c(F)cc3F)cc2)cc1)Cc1cc(F)c(F)cc1F. The summed E-state index contributed by atoms with van der Waals surface area (Å²) in [4.78, 5) is 24.8. The standard InChI is InChI=1S/C33H30F6N4O2/c34-26-16-30(38)28(36)12-20(26)10-22(40)14-32(44)42-24-5-1-18(2-6-24)9-19-3-7-25(8-4-19)43-33(45)15-23(41)11-21-13-29(37)31(39)17-27(21)35/h1-8,12-13,16-17,22-23H,9-11,14-15,40-41H2,(H,42,44)(H,43,45). The van der Waals surface area contributed by atoms with Crippen LogP contribution >= 0.6 is 0 Å². The van der Waals surface area contributed by atoms with E-state index >= 15 is 0 Å². The van der Waals surface area contributed by atoms with Crippen molar-refractivity contribution in [2.45, 2.75) is 44.2 Å². The lowest BCUT2D eigenvalue weighted by Gasteiger charge is -2.13. The molecule has 0 aliphatic carbocycles. The molecule has 45 heavy (non-hydrogen) atoms. The first-order chi connectivity index (χ1) is 21.4. The first-order valence-corrected chi connectivity index (χ1v) is 13.9. The van der Waals surface area contributed by atoms with Gasteiger partial charge in [0.15, 0.2) is 23.3 Å². The molecule has 0 aromatic heterocycles. The second kappa shape index (κ2) is 14.9. The number of hydrogen-bond donors (Lipinski definition) is 4. The molecule has 4 aromatic carbocycles. The summed E-state index contributed by atoms with van der Waals surface area (Å²) in [6.45, 7) is 0. The van der Waals surface area contributed by atoms with Gasteiger partial charge in [-0.2, -0.15) is 0 Å². The van der Waals surface area contributed by atoms with Crippen LogP contribution in [-0.4, -0.2) is 23.9 Å². The van der Waals surface area contributed by atoms with Crippen LogP contribution in [0.5, 0.6) is 0 Å². The summed E-state index contributed by atoms with van der Waals surface area (Å²) in [6.07, 6.45) is -0.0692. The molecular weight excluding hydrogens is 598 g/mol. The van der Waals surface area contributed by atoms with Gasteiger partial charge in [0, 0.05) is 48.4 Å². The fourth-order valence-electron chi connectivity index (χ4n) is 4.70. The molecule has 2 unspecified atom stereocenters. The fourth-order valence-corrected chi connectivity index (χ4v) is 4.70. The van der Waals surface area contributed by atoms with Crippen molar-refractivity contribution in [2.75, 3.05) is 10.6 Å². The van der Waals surface area contributed by atoms with Gasteiger partial charge in [-0.15, -0.1) is 0 Å². The van der Waals surface area contributed by atoms with Gasteiger partial charge in [-0.3, -0.25) is 9.59 Å². The summed E-state index contributed by atoms with van der Waals surface area (Å²) in [6, 6.07) is 14.8. The maximum atomic E-state index is 13.9. The zero-order valence-electron chi connectivity index (χ0n) is 23.9. The van der Waals surface area contributed by atoms with Crippen LogP contribution in [0.2, 0.25) is 0 Å². The molecule has 0 saturated carbocycles. The van der Waals surface area contributed by atoms with Gasteiger partial charge >= 0.3 is 0 Å². The van der Waals surface area contributed by atoms with Crippen molar-refractivity contribution in [3.63, 3.8) is 0 Å². The maximum absolute atomic E-state index is 13.9. The van der Waals surface area contributed by atoms with Crippen LogP contribution in [0.25, 0.3) is 0 Å². The summed E-state index contributed by atoms with van der Waals surface area (Å²) >= 11 is 0. The van der Waals surface area contributed by atoms with E-state index in [4.69, 9.17) is 11.5 Å². The maximum Gasteiger partial charge on any atom is 0.225 e. The Morgan fingerprint density at radius 2 is 0.867 bits per heavy atom. The second-order valence-corrected chi connectivity index (χ2v) is 10.7. The Bertz CT molecular complexity index is 1540. The van der Waals surface area contributed by atoms with Crippen LogP contribution in [0.15, 0.2) is 72.8 Å². The monoisotopic (exact) mass is 628 g/mol. The van der Waals surface area contributed by atoms with E-state index in [-0.39, 0.29) is 36.8 Å². The van der Waals surface area contributed by atoms with E-state index in [1.165, 1.54) is 0 Å². The molecule has 0 heterocycles. The number of halogens is 6. The Morgan fingerprint density at radius 3 is 1.22 bits per heavy atom. The quantitative estimate of drug-likeness (QED) is 0.116. The van der Waals surface area contributed by atoms with Gasteiger partial charge in [0.2, 0.25) is 11.8 Å². The van der Waals surface area contributed by atoms with Gasteiger partial charge < -0.3 is 22.1 Å². The second-order valence-electron chi connectivity index (χ2n) is 10.7. The molecule has 4 rings (SSSR count). The highest BCUT2D eigenvalue weighted by Gasteiger charge is 2.17. The molecule has 12 heteroatoms. The molecule has 236 valence electrons. The van der Waals surface area contributed by atoms with E-state index in [1.807, 2.05) is 24.3 Å². The number of carbonyl (C=O) groups excluding carboxylic acids is 2. The fraction of sp³-hybridized carbons (Fsp3) is 0.212. The lowest BCUT2D eigenvalue weighted by molar-refractivity contribution is -0.117. The summed E-state index contributed by atoms with van der Waals surface area (Å²) in [5.41, 5.74) is 14.5. The smallest absolute Gasteiger partial charge is 0.225 e. The third-order valence-corrected chi connectivity index (χ3v) is 6.92. The number of nitrogens with one attached hydrogen (secondary N) is 2. The van der Waals surface area contributed by atoms with Crippen molar-refractivity contribution in [2.24, 2.45) is 11.5 Å². The highest BCUT2D eigenvalue weighted by Crippen LogP contribution is 2.19. The molecule has 2 atom stereocenters. The Hall–Kier alpha value is -4.68. The van der Waals surface area contributed by atoms with Crippen molar-refractivity contribution in [3.8, 4) is 0 Å². The summed E-state index contributed by atoms with van der Waals surface area (Å²) in [5, 5.41) is 5.40. The van der Waals surface area contributed by atoms with Gasteiger partial charge in [0.05, 0.1) is 0 Å². The average Bonchev–Trinajstić information content (AvgIpc) is 2.96. The number of nitrogens with two attached hydrogens (primary N) is 2. The highest BCUT2D eigenvalue weighted by atomic mass is 19.2. The van der Waals surface area contributed by atoms with Gasteiger partial charge in [0.25, 0.3) is 0 Å². The van der Waals surface area contributed by atoms with Gasteiger partial charge in [0.1, 0.15) is 11.6 Å². The molecule has 0 bridgehead atoms. The van der Waals surface area contributed by atoms with Gasteiger partial charge in [-0.25, -0.2) is 26.3 Å². The van der Waals surface area contributed by atoms with Crippen LogP contribution in [0.4, 0.5) is 37.7 Å². The first kappa shape index (κ1) is 33.2. The molecule has 0 spiro atoms. The third-order valence-electron chi connectivity index (χ3n) is 6.92. The van der Waals surface area contributed by atoms with Crippen LogP contribution in [0, 0.1) is 34.9 Å². The van der Waals surface area contributed by atoms with Crippen LogP contribution in [-0.2, 0) is 28.9 Å². The molecule has 6 N–H and O–H groups in total. The summed E-state index contributed by atoms with van der Waals surface area (Å²) in [5.74, 6) is -7.69. The molecule has 6 nitrogen and oxygen atoms in total. The normalized spacial score (nSPS) is 12.4. The van der Waals surface area contributed by atoms with E-state index in [0.29, 0.717) is 29.9 Å². The number of carbonyl (C=O) groups is 2. The number of benzene rings is 4. The molecule has 0 fully saturated rings. The minimum Gasteiger partial charge on any atom is -0.327 e. The van der Waals surface area contributed by atoms with E-state index in [1.54, 1.807) is 24.3 Å². The Labute approximate surface area is 255 Å². The molecule has 2 amide bonds. The van der Waals surface area contributed by atoms with Gasteiger partial charge in [-0.1, -0.05) is 24.3 Å². The largest absolute Gasteiger partial charge is 0.327 e. The Balaban J connectivity index is 1.22. The zero-order valence-corrected chi connectivity index (χ0v) is 23.9. The lowest BCUT2D eigenvalue weighted by Crippen LogP contribution is -2.29. The van der Waals surface area contributed by atoms with Crippen molar-refractivity contribution < 1.29 is 35.9 Å². The number of amides is 2. The van der Waals surface area contributed by atoms with Crippen molar-refractivity contribution in [3.05, 3.63) is 130 Å². The van der Waals surface area contributed by atoms with E-state index < -0.39 is 58.8 Å². The van der Waals surface area contributed by atoms with E-state index in [9.17, 15) is 35.9 Å². The number of hydrogen-bond acceptors (Lipinski definition) is 4. The van der Waals surface area contributed by atoms with Crippen molar-refractivity contribution >= 4 is 23.2 Å². The molecular formula is C33H30F6N4O2. The summed E-state index contributed by atoms with van der Waals surface area (Å²) < 4.78 is 80.8. The van der Waals surface area contributed by atoms with Gasteiger partial charge in [-0.05, 0) is 77.9 Å². The molecule has 0 radical (unpaired) electrons. The Kier molecular flexibility index (Phi) is 11.0. The topological polar surface area (TPSA) is 110 Å². The number of rotatable bonds is 12. The minimum atomic E-state index is -1.30. The average molecular weight is 629 g/mol. The van der Waals surface area contributed by atoms with Crippen LogP contribution < -0.4 is 22.1 Å². The summed E-state index contributed by atoms with van der Waals surface area (Å²) in [7, 11) is 0. The number of anilines is 2. The lowest BCUT2D eigenvalue weighted by atomic mass is 10.0. The van der Waals surface area contributed by atoms with Crippen molar-refractivity contribution in [1.82, 2.24) is 0 Å². The Morgan fingerprint density at radius 1 is 0.533 bits per heavy atom. The highest BCUT2D eigenvalue weighted by molar-refractivity contribution is 5.91. The zero-order chi connectivity index (χ0) is 32.7. The predicted octanol–water partition coefficient (Wildman–Crippen LogP) is 5.91. The third kappa shape index (κ3) is 9.65. The van der Waals surface area contributed by atoms with E-state index in [2.05, 4.69) is 10.6 Å². The van der Waals surface area contributed by atoms with Crippen molar-refractivity contribution in [1.29, 1.82) is 0 Å². The molecule has 4 aromatic rings. The molecule has 0 saturated heterocycles. The first-order valence-electron chi connectivity index (χ1n) is 13.9. The van der Waals surface area contributed by atoms with Crippen LogP contribution in [0.1, 0.15) is 35.1 Å². The van der Waals surface area contributed by atoms with E-state index in [0.717, 1.165) is 23.3 Å². The predicted molar refractivity (Wildman–Crippen MR) is 158 cm³/mol. The minimum absolute atomic E-state index is 0.117. The molecule has 0 aliphatic heterocycles. The van der Waals surface area contributed by atoms with Crippen LogP contribution in [0.3, 0.4) is 0 Å².